The Balaban J connectivity index is 1.86. The van der Waals surface area contributed by atoms with E-state index in [4.69, 9.17) is 0 Å². The lowest BCUT2D eigenvalue weighted by atomic mass is 10.0. The van der Waals surface area contributed by atoms with Crippen molar-refractivity contribution in [2.75, 3.05) is 0 Å². The molecule has 3 heteroatoms. The molecule has 0 aliphatic heterocycles. The van der Waals surface area contributed by atoms with Crippen LogP contribution >= 0.6 is 0 Å². The number of hydrogen-bond acceptors (Lipinski definition) is 2. The standard InChI is InChI=1S/C22H24N2O/c1-4-5-11-21-16(2)23-24(17(21)3)22(25)20-14-12-19(13-15-20)18-9-7-6-8-10-18/h6-10,12-15H,4-5,11H2,1-3H3. The van der Waals surface area contributed by atoms with Crippen molar-refractivity contribution in [3.8, 4) is 11.1 Å². The maximum absolute atomic E-state index is 12.9. The fourth-order valence-corrected chi connectivity index (χ4v) is 3.15. The number of rotatable bonds is 5. The Morgan fingerprint density at radius 1 is 0.960 bits per heavy atom. The van der Waals surface area contributed by atoms with Crippen molar-refractivity contribution in [3.63, 3.8) is 0 Å². The van der Waals surface area contributed by atoms with E-state index in [9.17, 15) is 4.79 Å². The van der Waals surface area contributed by atoms with Gasteiger partial charge >= 0.3 is 0 Å². The summed E-state index contributed by atoms with van der Waals surface area (Å²) >= 11 is 0. The van der Waals surface area contributed by atoms with Gasteiger partial charge in [0, 0.05) is 11.3 Å². The van der Waals surface area contributed by atoms with Crippen LogP contribution in [0.1, 0.15) is 47.1 Å². The fourth-order valence-electron chi connectivity index (χ4n) is 3.15. The smallest absolute Gasteiger partial charge is 0.267 e. The summed E-state index contributed by atoms with van der Waals surface area (Å²) in [4.78, 5) is 12.9. The molecule has 0 spiro atoms. The Kier molecular flexibility index (Phi) is 5.13. The van der Waals surface area contributed by atoms with E-state index in [1.807, 2.05) is 56.3 Å². The fraction of sp³-hybridized carbons (Fsp3) is 0.273. The molecule has 25 heavy (non-hydrogen) atoms. The van der Waals surface area contributed by atoms with Crippen LogP contribution in [0.25, 0.3) is 11.1 Å². The highest BCUT2D eigenvalue weighted by Gasteiger charge is 2.17. The number of nitrogens with zero attached hydrogens (tertiary/aromatic N) is 2. The Morgan fingerprint density at radius 2 is 1.60 bits per heavy atom. The van der Waals surface area contributed by atoms with Crippen LogP contribution in [-0.4, -0.2) is 15.7 Å². The maximum Gasteiger partial charge on any atom is 0.278 e. The van der Waals surface area contributed by atoms with Crippen molar-refractivity contribution in [1.29, 1.82) is 0 Å². The van der Waals surface area contributed by atoms with Crippen molar-refractivity contribution in [3.05, 3.63) is 77.1 Å². The monoisotopic (exact) mass is 332 g/mol. The Labute approximate surface area is 149 Å². The molecule has 0 saturated heterocycles. The average molecular weight is 332 g/mol. The number of aryl methyl sites for hydroxylation is 1. The zero-order valence-corrected chi connectivity index (χ0v) is 15.1. The average Bonchev–Trinajstić information content (AvgIpc) is 2.94. The second kappa shape index (κ2) is 7.47. The van der Waals surface area contributed by atoms with Crippen LogP contribution in [0.15, 0.2) is 54.6 Å². The van der Waals surface area contributed by atoms with Gasteiger partial charge in [-0.1, -0.05) is 55.8 Å². The molecule has 3 aromatic rings. The molecule has 0 bridgehead atoms. The third-order valence-corrected chi connectivity index (χ3v) is 4.65. The van der Waals surface area contributed by atoms with Crippen LogP contribution in [0.5, 0.6) is 0 Å². The van der Waals surface area contributed by atoms with Gasteiger partial charge in [0.05, 0.1) is 5.69 Å². The van der Waals surface area contributed by atoms with E-state index < -0.39 is 0 Å². The van der Waals surface area contributed by atoms with Crippen LogP contribution in [-0.2, 0) is 6.42 Å². The van der Waals surface area contributed by atoms with Crippen molar-refractivity contribution < 1.29 is 4.79 Å². The summed E-state index contributed by atoms with van der Waals surface area (Å²) in [6.45, 7) is 6.15. The maximum atomic E-state index is 12.9. The highest BCUT2D eigenvalue weighted by atomic mass is 16.2. The number of aromatic nitrogens is 2. The highest BCUT2D eigenvalue weighted by Crippen LogP contribution is 2.21. The lowest BCUT2D eigenvalue weighted by Crippen LogP contribution is -2.15. The van der Waals surface area contributed by atoms with Gasteiger partial charge in [-0.25, -0.2) is 4.68 Å². The van der Waals surface area contributed by atoms with E-state index in [2.05, 4.69) is 24.2 Å². The molecule has 128 valence electrons. The van der Waals surface area contributed by atoms with Gasteiger partial charge < -0.3 is 0 Å². The SMILES string of the molecule is CCCCc1c(C)nn(C(=O)c2ccc(-c3ccccc3)cc2)c1C. The lowest BCUT2D eigenvalue weighted by molar-refractivity contribution is 0.0942. The first-order valence-corrected chi connectivity index (χ1v) is 8.87. The van der Waals surface area contributed by atoms with Gasteiger partial charge in [-0.05, 0) is 55.5 Å². The number of unbranched alkanes of at least 4 members (excludes halogenated alkanes) is 1. The van der Waals surface area contributed by atoms with E-state index in [0.29, 0.717) is 5.56 Å². The van der Waals surface area contributed by atoms with Gasteiger partial charge in [-0.15, -0.1) is 0 Å². The minimum absolute atomic E-state index is 0.0667. The second-order valence-corrected chi connectivity index (χ2v) is 6.41. The molecule has 3 nitrogen and oxygen atoms in total. The molecule has 0 fully saturated rings. The van der Waals surface area contributed by atoms with Gasteiger partial charge in [0.15, 0.2) is 0 Å². The molecule has 1 heterocycles. The topological polar surface area (TPSA) is 34.9 Å². The molecule has 0 amide bonds. The van der Waals surface area contributed by atoms with Crippen LogP contribution in [0.2, 0.25) is 0 Å². The molecule has 0 saturated carbocycles. The lowest BCUT2D eigenvalue weighted by Gasteiger charge is -2.06. The summed E-state index contributed by atoms with van der Waals surface area (Å²) in [6.07, 6.45) is 3.24. The van der Waals surface area contributed by atoms with Crippen LogP contribution in [0.4, 0.5) is 0 Å². The molecule has 0 atom stereocenters. The summed E-state index contributed by atoms with van der Waals surface area (Å²) in [5, 5.41) is 4.49. The molecule has 2 aromatic carbocycles. The second-order valence-electron chi connectivity index (χ2n) is 6.41. The van der Waals surface area contributed by atoms with E-state index >= 15 is 0 Å². The third-order valence-electron chi connectivity index (χ3n) is 4.65. The Hall–Kier alpha value is -2.68. The van der Waals surface area contributed by atoms with Gasteiger partial charge in [-0.2, -0.15) is 5.10 Å². The molecule has 0 aliphatic carbocycles. The van der Waals surface area contributed by atoms with E-state index in [-0.39, 0.29) is 5.91 Å². The third kappa shape index (κ3) is 3.55. The van der Waals surface area contributed by atoms with E-state index in [0.717, 1.165) is 41.8 Å². The van der Waals surface area contributed by atoms with E-state index in [1.165, 1.54) is 5.56 Å². The van der Waals surface area contributed by atoms with Gasteiger partial charge in [0.2, 0.25) is 0 Å². The molecule has 0 unspecified atom stereocenters. The molecule has 0 radical (unpaired) electrons. The zero-order valence-electron chi connectivity index (χ0n) is 15.1. The van der Waals surface area contributed by atoms with Gasteiger partial charge in [-0.3, -0.25) is 4.79 Å². The largest absolute Gasteiger partial charge is 0.278 e. The number of benzene rings is 2. The summed E-state index contributed by atoms with van der Waals surface area (Å²) < 4.78 is 1.55. The first-order valence-electron chi connectivity index (χ1n) is 8.87. The van der Waals surface area contributed by atoms with E-state index in [1.54, 1.807) is 4.68 Å². The quantitative estimate of drug-likeness (QED) is 0.644. The first-order chi connectivity index (χ1) is 12.1. The number of carbonyl (C=O) groups is 1. The molecular weight excluding hydrogens is 308 g/mol. The predicted octanol–water partition coefficient (Wildman–Crippen LogP) is 5.20. The summed E-state index contributed by atoms with van der Waals surface area (Å²) in [5.41, 5.74) is 6.04. The van der Waals surface area contributed by atoms with Gasteiger partial charge in [0.25, 0.3) is 5.91 Å². The first kappa shape index (κ1) is 17.2. The molecule has 0 aliphatic rings. The normalized spacial score (nSPS) is 10.8. The number of hydrogen-bond donors (Lipinski definition) is 0. The number of carbonyl (C=O) groups excluding carboxylic acids is 1. The van der Waals surface area contributed by atoms with Gasteiger partial charge in [0.1, 0.15) is 0 Å². The molecule has 3 rings (SSSR count). The molecular formula is C22H24N2O. The van der Waals surface area contributed by atoms with Crippen LogP contribution in [0, 0.1) is 13.8 Å². The van der Waals surface area contributed by atoms with Crippen molar-refractivity contribution in [1.82, 2.24) is 9.78 Å². The minimum atomic E-state index is -0.0667. The summed E-state index contributed by atoms with van der Waals surface area (Å²) in [6, 6.07) is 17.9. The van der Waals surface area contributed by atoms with Crippen LogP contribution in [0.3, 0.4) is 0 Å². The Bertz CT molecular complexity index is 861. The summed E-state index contributed by atoms with van der Waals surface area (Å²) in [5.74, 6) is -0.0667. The Morgan fingerprint density at radius 3 is 2.24 bits per heavy atom. The summed E-state index contributed by atoms with van der Waals surface area (Å²) in [7, 11) is 0. The molecule has 1 aromatic heterocycles. The zero-order chi connectivity index (χ0) is 17.8. The van der Waals surface area contributed by atoms with Crippen LogP contribution < -0.4 is 0 Å². The van der Waals surface area contributed by atoms with Crippen molar-refractivity contribution in [2.45, 2.75) is 40.0 Å². The predicted molar refractivity (Wildman–Crippen MR) is 102 cm³/mol. The highest BCUT2D eigenvalue weighted by molar-refractivity contribution is 5.96. The van der Waals surface area contributed by atoms with Crippen molar-refractivity contribution >= 4 is 5.91 Å². The minimum Gasteiger partial charge on any atom is -0.267 e. The van der Waals surface area contributed by atoms with Crippen molar-refractivity contribution in [2.24, 2.45) is 0 Å². The molecule has 0 N–H and O–H groups in total.